The highest BCUT2D eigenvalue weighted by Gasteiger charge is 2.15. The van der Waals surface area contributed by atoms with Gasteiger partial charge in [-0.25, -0.2) is 9.97 Å². The highest BCUT2D eigenvalue weighted by Crippen LogP contribution is 2.33. The predicted molar refractivity (Wildman–Crippen MR) is 107 cm³/mol. The van der Waals surface area contributed by atoms with Crippen molar-refractivity contribution >= 4 is 38.8 Å². The molecule has 7 nitrogen and oxygen atoms in total. The molecular formula is C18H17N5O2S2. The van der Waals surface area contributed by atoms with E-state index in [1.807, 2.05) is 33.7 Å². The van der Waals surface area contributed by atoms with E-state index < -0.39 is 0 Å². The van der Waals surface area contributed by atoms with Gasteiger partial charge < -0.3 is 9.88 Å². The van der Waals surface area contributed by atoms with Crippen molar-refractivity contribution in [2.45, 2.75) is 19.5 Å². The minimum Gasteiger partial charge on any atom is -0.354 e. The summed E-state index contributed by atoms with van der Waals surface area (Å²) in [6, 6.07) is 3.94. The summed E-state index contributed by atoms with van der Waals surface area (Å²) in [7, 11) is 0. The number of imidazole rings is 1. The first kappa shape index (κ1) is 17.6. The van der Waals surface area contributed by atoms with Gasteiger partial charge in [-0.15, -0.1) is 22.7 Å². The molecule has 0 radical (unpaired) electrons. The maximum absolute atomic E-state index is 12.9. The van der Waals surface area contributed by atoms with Gasteiger partial charge in [-0.3, -0.25) is 14.2 Å². The Hall–Kier alpha value is -2.78. The van der Waals surface area contributed by atoms with Gasteiger partial charge >= 0.3 is 0 Å². The molecule has 4 aromatic heterocycles. The number of nitrogens with zero attached hydrogens (tertiary/aromatic N) is 4. The van der Waals surface area contributed by atoms with Gasteiger partial charge in [-0.05, 0) is 17.9 Å². The SMILES string of the molecule is O=C(Cn1cnc2scc(-c3cccs3)c2c1=O)NCCCn1ccnc1. The molecule has 1 amide bonds. The van der Waals surface area contributed by atoms with E-state index in [0.717, 1.165) is 23.4 Å². The summed E-state index contributed by atoms with van der Waals surface area (Å²) in [6.45, 7) is 1.29. The first-order valence-electron chi connectivity index (χ1n) is 8.45. The fourth-order valence-corrected chi connectivity index (χ4v) is 4.53. The summed E-state index contributed by atoms with van der Waals surface area (Å²) in [5.74, 6) is -0.197. The number of carbonyl (C=O) groups is 1. The van der Waals surface area contributed by atoms with E-state index in [4.69, 9.17) is 0 Å². The summed E-state index contributed by atoms with van der Waals surface area (Å²) >= 11 is 3.03. The van der Waals surface area contributed by atoms with Gasteiger partial charge in [0.25, 0.3) is 5.56 Å². The molecule has 0 bridgehead atoms. The molecule has 4 heterocycles. The lowest BCUT2D eigenvalue weighted by Crippen LogP contribution is -2.33. The van der Waals surface area contributed by atoms with E-state index in [9.17, 15) is 9.59 Å². The molecular weight excluding hydrogens is 382 g/mol. The average molecular weight is 400 g/mol. The Morgan fingerprint density at radius 2 is 2.19 bits per heavy atom. The van der Waals surface area contributed by atoms with Gasteiger partial charge in [0.15, 0.2) is 0 Å². The Bertz CT molecular complexity index is 1100. The highest BCUT2D eigenvalue weighted by molar-refractivity contribution is 7.18. The highest BCUT2D eigenvalue weighted by atomic mass is 32.1. The molecule has 27 heavy (non-hydrogen) atoms. The standard InChI is InChI=1S/C18H17N5O2S2/c24-15(20-4-2-6-22-7-5-19-11-22)9-23-12-21-17-16(18(23)25)13(10-27-17)14-3-1-8-26-14/h1,3,5,7-8,10-12H,2,4,6,9H2,(H,20,24). The zero-order valence-electron chi connectivity index (χ0n) is 14.4. The number of rotatable bonds is 7. The van der Waals surface area contributed by atoms with E-state index >= 15 is 0 Å². The zero-order chi connectivity index (χ0) is 18.6. The third kappa shape index (κ3) is 3.83. The second kappa shape index (κ2) is 7.85. The van der Waals surface area contributed by atoms with Crippen molar-refractivity contribution in [3.63, 3.8) is 0 Å². The van der Waals surface area contributed by atoms with Crippen LogP contribution in [0.2, 0.25) is 0 Å². The summed E-state index contributed by atoms with van der Waals surface area (Å²) in [5, 5.41) is 7.36. The van der Waals surface area contributed by atoms with Crippen LogP contribution in [0, 0.1) is 0 Å². The topological polar surface area (TPSA) is 81.8 Å². The molecule has 0 aliphatic rings. The lowest BCUT2D eigenvalue weighted by molar-refractivity contribution is -0.121. The molecule has 4 aromatic rings. The molecule has 1 N–H and O–H groups in total. The normalized spacial score (nSPS) is 11.1. The zero-order valence-corrected chi connectivity index (χ0v) is 16.0. The Kier molecular flexibility index (Phi) is 5.12. The second-order valence-corrected chi connectivity index (χ2v) is 7.79. The fraction of sp³-hybridized carbons (Fsp3) is 0.222. The molecule has 0 unspecified atom stereocenters. The Morgan fingerprint density at radius 3 is 2.96 bits per heavy atom. The van der Waals surface area contributed by atoms with Crippen LogP contribution in [0.1, 0.15) is 6.42 Å². The molecule has 0 spiro atoms. The van der Waals surface area contributed by atoms with Crippen LogP contribution in [-0.2, 0) is 17.9 Å². The molecule has 0 saturated carbocycles. The van der Waals surface area contributed by atoms with Crippen LogP contribution < -0.4 is 10.9 Å². The van der Waals surface area contributed by atoms with Crippen molar-refractivity contribution < 1.29 is 4.79 Å². The maximum Gasteiger partial charge on any atom is 0.263 e. The molecule has 0 fully saturated rings. The first-order chi connectivity index (χ1) is 13.2. The number of aromatic nitrogens is 4. The summed E-state index contributed by atoms with van der Waals surface area (Å²) < 4.78 is 3.33. The first-order valence-corrected chi connectivity index (χ1v) is 10.2. The van der Waals surface area contributed by atoms with Crippen LogP contribution in [0.5, 0.6) is 0 Å². The van der Waals surface area contributed by atoms with Crippen molar-refractivity contribution in [2.75, 3.05) is 6.54 Å². The van der Waals surface area contributed by atoms with Crippen LogP contribution in [0.3, 0.4) is 0 Å². The smallest absolute Gasteiger partial charge is 0.263 e. The van der Waals surface area contributed by atoms with Gasteiger partial charge in [0.1, 0.15) is 11.4 Å². The number of hydrogen-bond acceptors (Lipinski definition) is 6. The van der Waals surface area contributed by atoms with Crippen molar-refractivity contribution in [3.8, 4) is 10.4 Å². The fourth-order valence-electron chi connectivity index (χ4n) is 2.81. The van der Waals surface area contributed by atoms with Crippen LogP contribution in [0.4, 0.5) is 0 Å². The summed E-state index contributed by atoms with van der Waals surface area (Å²) in [4.78, 5) is 35.1. The average Bonchev–Trinajstić information content (AvgIpc) is 3.41. The minimum atomic E-state index is -0.197. The van der Waals surface area contributed by atoms with E-state index in [0.29, 0.717) is 16.8 Å². The third-order valence-electron chi connectivity index (χ3n) is 4.14. The number of nitrogens with one attached hydrogen (secondary N) is 1. The van der Waals surface area contributed by atoms with Gasteiger partial charge in [0.2, 0.25) is 5.91 Å². The van der Waals surface area contributed by atoms with E-state index in [1.54, 1.807) is 23.9 Å². The van der Waals surface area contributed by atoms with Crippen molar-refractivity contribution in [3.05, 3.63) is 58.3 Å². The Morgan fingerprint density at radius 1 is 1.26 bits per heavy atom. The van der Waals surface area contributed by atoms with Crippen LogP contribution in [0.25, 0.3) is 20.7 Å². The number of thiophene rings is 2. The summed E-state index contributed by atoms with van der Waals surface area (Å²) in [6.07, 6.45) is 7.59. The van der Waals surface area contributed by atoms with Gasteiger partial charge in [0, 0.05) is 41.3 Å². The van der Waals surface area contributed by atoms with Crippen molar-refractivity contribution in [1.82, 2.24) is 24.4 Å². The van der Waals surface area contributed by atoms with Gasteiger partial charge in [-0.2, -0.15) is 0 Å². The Labute approximate surface area is 162 Å². The van der Waals surface area contributed by atoms with Crippen LogP contribution in [-0.4, -0.2) is 31.6 Å². The number of hydrogen-bond donors (Lipinski definition) is 1. The number of fused-ring (bicyclic) bond motifs is 1. The van der Waals surface area contributed by atoms with Crippen molar-refractivity contribution in [2.24, 2.45) is 0 Å². The van der Waals surface area contributed by atoms with Gasteiger partial charge in [0.05, 0.1) is 18.0 Å². The molecule has 0 aliphatic carbocycles. The molecule has 138 valence electrons. The maximum atomic E-state index is 12.9. The predicted octanol–water partition coefficient (Wildman–Crippen LogP) is 2.59. The minimum absolute atomic E-state index is 0.0351. The third-order valence-corrected chi connectivity index (χ3v) is 5.93. The monoisotopic (exact) mass is 399 g/mol. The van der Waals surface area contributed by atoms with Crippen molar-refractivity contribution in [1.29, 1.82) is 0 Å². The van der Waals surface area contributed by atoms with Gasteiger partial charge in [-0.1, -0.05) is 6.07 Å². The molecule has 0 atom stereocenters. The number of amides is 1. The number of aryl methyl sites for hydroxylation is 1. The van der Waals surface area contributed by atoms with Crippen LogP contribution >= 0.6 is 22.7 Å². The lowest BCUT2D eigenvalue weighted by Gasteiger charge is -2.08. The van der Waals surface area contributed by atoms with E-state index in [2.05, 4.69) is 15.3 Å². The molecule has 4 rings (SSSR count). The summed E-state index contributed by atoms with van der Waals surface area (Å²) in [5.41, 5.74) is 0.704. The molecule has 9 heteroatoms. The number of carbonyl (C=O) groups excluding carboxylic acids is 1. The largest absolute Gasteiger partial charge is 0.354 e. The lowest BCUT2D eigenvalue weighted by atomic mass is 10.2. The molecule has 0 aliphatic heterocycles. The Balaban J connectivity index is 1.44. The molecule has 0 saturated heterocycles. The van der Waals surface area contributed by atoms with Crippen LogP contribution in [0.15, 0.2) is 52.7 Å². The quantitative estimate of drug-likeness (QED) is 0.484. The molecule has 0 aromatic carbocycles. The second-order valence-electron chi connectivity index (χ2n) is 5.99. The van der Waals surface area contributed by atoms with E-state index in [-0.39, 0.29) is 18.0 Å². The van der Waals surface area contributed by atoms with E-state index in [1.165, 1.54) is 22.2 Å².